The van der Waals surface area contributed by atoms with Crippen LogP contribution in [0, 0.1) is 6.92 Å². The van der Waals surface area contributed by atoms with Crippen LogP contribution in [0.25, 0.3) is 0 Å². The van der Waals surface area contributed by atoms with E-state index >= 15 is 0 Å². The quantitative estimate of drug-likeness (QED) is 0.620. The normalized spacial score (nSPS) is 11.4. The molecule has 18 heavy (non-hydrogen) atoms. The molecule has 1 aromatic carbocycles. The summed E-state index contributed by atoms with van der Waals surface area (Å²) in [5.41, 5.74) is -2.86. The molecule has 0 radical (unpaired) electrons. The minimum atomic E-state index is -4.30. The SMILES string of the molecule is COC(=O)CCc1cc(C)cc(SC(F)(F)F)c1. The van der Waals surface area contributed by atoms with E-state index in [-0.39, 0.29) is 29.0 Å². The summed E-state index contributed by atoms with van der Waals surface area (Å²) in [5.74, 6) is -0.374. The largest absolute Gasteiger partial charge is 0.469 e. The molecule has 0 saturated carbocycles. The summed E-state index contributed by atoms with van der Waals surface area (Å²) in [7, 11) is 1.28. The van der Waals surface area contributed by atoms with Gasteiger partial charge >= 0.3 is 11.5 Å². The maximum atomic E-state index is 12.3. The molecule has 0 unspecified atom stereocenters. The van der Waals surface area contributed by atoms with Crippen LogP contribution in [0.3, 0.4) is 0 Å². The zero-order chi connectivity index (χ0) is 13.8. The van der Waals surface area contributed by atoms with E-state index in [4.69, 9.17) is 0 Å². The van der Waals surface area contributed by atoms with Crippen molar-refractivity contribution in [2.45, 2.75) is 30.2 Å². The van der Waals surface area contributed by atoms with E-state index in [2.05, 4.69) is 4.74 Å². The molecular weight excluding hydrogens is 265 g/mol. The fourth-order valence-electron chi connectivity index (χ4n) is 1.51. The lowest BCUT2D eigenvalue weighted by atomic mass is 10.1. The molecule has 0 aliphatic heterocycles. The van der Waals surface area contributed by atoms with E-state index in [0.29, 0.717) is 12.0 Å². The number of thioether (sulfide) groups is 1. The molecule has 1 aromatic rings. The smallest absolute Gasteiger partial charge is 0.446 e. The van der Waals surface area contributed by atoms with Gasteiger partial charge in [0, 0.05) is 11.3 Å². The number of alkyl halides is 3. The monoisotopic (exact) mass is 278 g/mol. The van der Waals surface area contributed by atoms with Crippen molar-refractivity contribution in [2.75, 3.05) is 7.11 Å². The maximum Gasteiger partial charge on any atom is 0.446 e. The van der Waals surface area contributed by atoms with Gasteiger partial charge in [0.15, 0.2) is 0 Å². The van der Waals surface area contributed by atoms with E-state index in [1.165, 1.54) is 19.2 Å². The lowest BCUT2D eigenvalue weighted by Gasteiger charge is -2.09. The van der Waals surface area contributed by atoms with Gasteiger partial charge in [-0.2, -0.15) is 13.2 Å². The molecular formula is C12H13F3O2S. The predicted molar refractivity (Wildman–Crippen MR) is 63.4 cm³/mol. The summed E-state index contributed by atoms with van der Waals surface area (Å²) in [6.07, 6.45) is 0.538. The number of methoxy groups -OCH3 is 1. The molecule has 0 bridgehead atoms. The van der Waals surface area contributed by atoms with E-state index in [9.17, 15) is 18.0 Å². The Morgan fingerprint density at radius 3 is 2.56 bits per heavy atom. The molecule has 0 aliphatic rings. The van der Waals surface area contributed by atoms with Gasteiger partial charge < -0.3 is 4.74 Å². The Morgan fingerprint density at radius 1 is 1.33 bits per heavy atom. The molecule has 100 valence electrons. The Kier molecular flexibility index (Phi) is 5.07. The number of carbonyl (C=O) groups is 1. The number of esters is 1. The van der Waals surface area contributed by atoms with Gasteiger partial charge in [-0.05, 0) is 48.4 Å². The van der Waals surface area contributed by atoms with Crippen LogP contribution in [0.1, 0.15) is 17.5 Å². The Balaban J connectivity index is 2.77. The fraction of sp³-hybridized carbons (Fsp3) is 0.417. The summed E-state index contributed by atoms with van der Waals surface area (Å²) >= 11 is -0.147. The van der Waals surface area contributed by atoms with E-state index < -0.39 is 5.51 Å². The van der Waals surface area contributed by atoms with Crippen molar-refractivity contribution in [3.8, 4) is 0 Å². The standard InChI is InChI=1S/C12H13F3O2S/c1-8-5-9(3-4-11(16)17-2)7-10(6-8)18-12(13,14)15/h5-7H,3-4H2,1-2H3. The van der Waals surface area contributed by atoms with Crippen molar-refractivity contribution in [3.63, 3.8) is 0 Å². The molecule has 0 aromatic heterocycles. The number of benzene rings is 1. The number of hydrogen-bond donors (Lipinski definition) is 0. The van der Waals surface area contributed by atoms with Gasteiger partial charge in [0.05, 0.1) is 7.11 Å². The van der Waals surface area contributed by atoms with Crippen LogP contribution in [-0.4, -0.2) is 18.6 Å². The highest BCUT2D eigenvalue weighted by atomic mass is 32.2. The van der Waals surface area contributed by atoms with Crippen molar-refractivity contribution in [2.24, 2.45) is 0 Å². The fourth-order valence-corrected chi connectivity index (χ4v) is 2.23. The van der Waals surface area contributed by atoms with Crippen molar-refractivity contribution >= 4 is 17.7 Å². The van der Waals surface area contributed by atoms with Crippen LogP contribution >= 0.6 is 11.8 Å². The topological polar surface area (TPSA) is 26.3 Å². The molecule has 0 fully saturated rings. The molecule has 6 heteroatoms. The molecule has 2 nitrogen and oxygen atoms in total. The van der Waals surface area contributed by atoms with E-state index in [1.54, 1.807) is 13.0 Å². The van der Waals surface area contributed by atoms with Crippen LogP contribution in [0.4, 0.5) is 13.2 Å². The second-order valence-electron chi connectivity index (χ2n) is 3.78. The van der Waals surface area contributed by atoms with Crippen molar-refractivity contribution in [1.82, 2.24) is 0 Å². The van der Waals surface area contributed by atoms with E-state index in [1.807, 2.05) is 0 Å². The average molecular weight is 278 g/mol. The predicted octanol–water partition coefficient (Wildman–Crippen LogP) is 3.71. The zero-order valence-corrected chi connectivity index (χ0v) is 10.8. The molecule has 0 saturated heterocycles. The lowest BCUT2D eigenvalue weighted by molar-refractivity contribution is -0.140. The summed E-state index contributed by atoms with van der Waals surface area (Å²) in [4.78, 5) is 11.1. The van der Waals surface area contributed by atoms with Gasteiger partial charge in [-0.3, -0.25) is 4.79 Å². The minimum absolute atomic E-state index is 0.141. The van der Waals surface area contributed by atoms with Crippen LogP contribution in [0.2, 0.25) is 0 Å². The molecule has 0 atom stereocenters. The Hall–Kier alpha value is -1.17. The third-order valence-corrected chi connectivity index (χ3v) is 2.89. The molecule has 1 rings (SSSR count). The first-order valence-electron chi connectivity index (χ1n) is 5.23. The highest BCUT2D eigenvalue weighted by Crippen LogP contribution is 2.37. The second-order valence-corrected chi connectivity index (χ2v) is 4.92. The van der Waals surface area contributed by atoms with Crippen molar-refractivity contribution in [3.05, 3.63) is 29.3 Å². The van der Waals surface area contributed by atoms with Crippen LogP contribution in [0.15, 0.2) is 23.1 Å². The van der Waals surface area contributed by atoms with Gasteiger partial charge in [0.2, 0.25) is 0 Å². The molecule has 0 heterocycles. The maximum absolute atomic E-state index is 12.3. The third-order valence-electron chi connectivity index (χ3n) is 2.19. The first-order valence-corrected chi connectivity index (χ1v) is 6.05. The Bertz CT molecular complexity index is 430. The average Bonchev–Trinajstić information content (AvgIpc) is 2.22. The van der Waals surface area contributed by atoms with Crippen LogP contribution < -0.4 is 0 Å². The molecule has 0 amide bonds. The minimum Gasteiger partial charge on any atom is -0.469 e. The van der Waals surface area contributed by atoms with Crippen LogP contribution in [-0.2, 0) is 16.0 Å². The van der Waals surface area contributed by atoms with Gasteiger partial charge in [0.1, 0.15) is 0 Å². The van der Waals surface area contributed by atoms with Gasteiger partial charge in [-0.15, -0.1) is 0 Å². The Morgan fingerprint density at radius 2 is 2.00 bits per heavy atom. The third kappa shape index (κ3) is 5.44. The van der Waals surface area contributed by atoms with Crippen molar-refractivity contribution in [1.29, 1.82) is 0 Å². The van der Waals surface area contributed by atoms with E-state index in [0.717, 1.165) is 5.56 Å². The lowest BCUT2D eigenvalue weighted by Crippen LogP contribution is -2.03. The second kappa shape index (κ2) is 6.13. The van der Waals surface area contributed by atoms with Crippen molar-refractivity contribution < 1.29 is 22.7 Å². The molecule has 0 N–H and O–H groups in total. The number of hydrogen-bond acceptors (Lipinski definition) is 3. The summed E-state index contributed by atoms with van der Waals surface area (Å²) in [6, 6.07) is 4.69. The van der Waals surface area contributed by atoms with Gasteiger partial charge in [-0.1, -0.05) is 6.07 Å². The highest BCUT2D eigenvalue weighted by Gasteiger charge is 2.29. The first-order chi connectivity index (χ1) is 8.30. The molecule has 0 aliphatic carbocycles. The highest BCUT2D eigenvalue weighted by molar-refractivity contribution is 8.00. The van der Waals surface area contributed by atoms with Gasteiger partial charge in [0.25, 0.3) is 0 Å². The van der Waals surface area contributed by atoms with Crippen LogP contribution in [0.5, 0.6) is 0 Å². The van der Waals surface area contributed by atoms with Gasteiger partial charge in [-0.25, -0.2) is 0 Å². The number of rotatable bonds is 4. The molecule has 0 spiro atoms. The number of aryl methyl sites for hydroxylation is 2. The first kappa shape index (κ1) is 14.9. The number of halogens is 3. The summed E-state index contributed by atoms with van der Waals surface area (Å²) in [6.45, 7) is 1.72. The Labute approximate surface area is 108 Å². The summed E-state index contributed by atoms with van der Waals surface area (Å²) < 4.78 is 41.3. The zero-order valence-electron chi connectivity index (χ0n) is 10.0. The summed E-state index contributed by atoms with van der Waals surface area (Å²) in [5, 5.41) is 0. The number of carbonyl (C=O) groups excluding carboxylic acids is 1. The number of ether oxygens (including phenoxy) is 1.